The van der Waals surface area contributed by atoms with Crippen molar-refractivity contribution in [1.82, 2.24) is 19.6 Å². The Hall–Kier alpha value is -1.86. The van der Waals surface area contributed by atoms with Gasteiger partial charge in [-0.15, -0.1) is 0 Å². The van der Waals surface area contributed by atoms with Gasteiger partial charge in [0.2, 0.25) is 5.91 Å². The van der Waals surface area contributed by atoms with Crippen LogP contribution in [-0.4, -0.2) is 63.7 Å². The Morgan fingerprint density at radius 1 is 1.30 bits per heavy atom. The van der Waals surface area contributed by atoms with Gasteiger partial charge in [0.25, 0.3) is 0 Å². The molecule has 5 nitrogen and oxygen atoms in total. The van der Waals surface area contributed by atoms with Crippen molar-refractivity contribution >= 4 is 17.7 Å². The van der Waals surface area contributed by atoms with E-state index in [-0.39, 0.29) is 17.8 Å². The van der Waals surface area contributed by atoms with Crippen LogP contribution in [0.3, 0.4) is 0 Å². The van der Waals surface area contributed by atoms with Gasteiger partial charge < -0.3 is 4.90 Å². The molecule has 1 aliphatic heterocycles. The van der Waals surface area contributed by atoms with E-state index in [0.29, 0.717) is 18.1 Å². The topological polar surface area (TPSA) is 41.4 Å². The van der Waals surface area contributed by atoms with Crippen LogP contribution in [0.15, 0.2) is 30.5 Å². The average Bonchev–Trinajstić information content (AvgIpc) is 3.04. The van der Waals surface area contributed by atoms with Crippen LogP contribution in [-0.2, 0) is 24.8 Å². The van der Waals surface area contributed by atoms with Gasteiger partial charge >= 0.3 is 0 Å². The Morgan fingerprint density at radius 2 is 2.00 bits per heavy atom. The highest BCUT2D eigenvalue weighted by atomic mass is 32.2. The van der Waals surface area contributed by atoms with Gasteiger partial charge in [0.1, 0.15) is 5.82 Å². The van der Waals surface area contributed by atoms with Gasteiger partial charge in [-0.05, 0) is 57.0 Å². The lowest BCUT2D eigenvalue weighted by Crippen LogP contribution is -2.47. The quantitative estimate of drug-likeness (QED) is 0.640. The fourth-order valence-corrected chi connectivity index (χ4v) is 4.94. The molecule has 2 aromatic rings. The number of benzene rings is 1. The van der Waals surface area contributed by atoms with Crippen molar-refractivity contribution in [2.24, 2.45) is 13.0 Å². The molecule has 0 radical (unpaired) electrons. The van der Waals surface area contributed by atoms with Gasteiger partial charge in [0.05, 0.1) is 11.4 Å². The maximum absolute atomic E-state index is 14.4. The first-order chi connectivity index (χ1) is 14.4. The summed E-state index contributed by atoms with van der Waals surface area (Å²) in [6.07, 6.45) is 6.61. The van der Waals surface area contributed by atoms with E-state index in [1.165, 1.54) is 5.56 Å². The van der Waals surface area contributed by atoms with Crippen LogP contribution < -0.4 is 0 Å². The molecule has 1 atom stereocenters. The monoisotopic (exact) mass is 432 g/mol. The molecule has 3 rings (SSSR count). The van der Waals surface area contributed by atoms with Crippen LogP contribution in [0.1, 0.15) is 29.7 Å². The van der Waals surface area contributed by atoms with Crippen LogP contribution >= 0.6 is 11.8 Å². The van der Waals surface area contributed by atoms with Crippen molar-refractivity contribution in [2.75, 3.05) is 32.1 Å². The highest BCUT2D eigenvalue weighted by Crippen LogP contribution is 2.28. The second-order valence-corrected chi connectivity index (χ2v) is 9.21. The number of likely N-dealkylation sites (N-methyl/N-ethyl adjacent to an activating group) is 1. The van der Waals surface area contributed by atoms with Crippen LogP contribution in [0.2, 0.25) is 0 Å². The van der Waals surface area contributed by atoms with E-state index >= 15 is 0 Å². The molecule has 164 valence electrons. The molecule has 1 aromatic heterocycles. The number of carbonyl (C=O) groups excluding carboxylic acids is 1. The Bertz CT molecular complexity index is 847. The number of rotatable bonds is 8. The van der Waals surface area contributed by atoms with Crippen LogP contribution in [0.25, 0.3) is 0 Å². The van der Waals surface area contributed by atoms with Crippen LogP contribution in [0.5, 0.6) is 0 Å². The maximum atomic E-state index is 14.4. The molecular weight excluding hydrogens is 399 g/mol. The molecule has 2 heterocycles. The third-order valence-corrected chi connectivity index (χ3v) is 6.73. The van der Waals surface area contributed by atoms with E-state index in [1.807, 2.05) is 41.9 Å². The number of aromatic nitrogens is 2. The van der Waals surface area contributed by atoms with E-state index in [0.717, 1.165) is 43.7 Å². The highest BCUT2D eigenvalue weighted by molar-refractivity contribution is 7.99. The predicted octanol–water partition coefficient (Wildman–Crippen LogP) is 3.51. The van der Waals surface area contributed by atoms with Crippen molar-refractivity contribution < 1.29 is 9.18 Å². The number of halogens is 1. The zero-order chi connectivity index (χ0) is 21.7. The summed E-state index contributed by atoms with van der Waals surface area (Å²) >= 11 is 1.57. The number of nitrogens with zero attached hydrogens (tertiary/aromatic N) is 4. The van der Waals surface area contributed by atoms with Crippen LogP contribution in [0, 0.1) is 18.7 Å². The normalized spacial score (nSPS) is 16.3. The SMILES string of the molecule is CSCC(=O)N1CCC(C(Cc2ccccc2F)N(C)Cc2cn(C)nc2C)CC1. The first kappa shape index (κ1) is 22.8. The van der Waals surface area contributed by atoms with Gasteiger partial charge in [-0.3, -0.25) is 14.4 Å². The smallest absolute Gasteiger partial charge is 0.232 e. The molecule has 0 aliphatic carbocycles. The molecule has 0 spiro atoms. The number of hydrogen-bond acceptors (Lipinski definition) is 4. The second kappa shape index (κ2) is 10.4. The Morgan fingerprint density at radius 3 is 2.60 bits per heavy atom. The largest absolute Gasteiger partial charge is 0.342 e. The van der Waals surface area contributed by atoms with E-state index in [9.17, 15) is 9.18 Å². The third-order valence-electron chi connectivity index (χ3n) is 6.19. The predicted molar refractivity (Wildman–Crippen MR) is 121 cm³/mol. The lowest BCUT2D eigenvalue weighted by molar-refractivity contribution is -0.130. The van der Waals surface area contributed by atoms with Crippen molar-refractivity contribution in [2.45, 2.75) is 38.8 Å². The lowest BCUT2D eigenvalue weighted by Gasteiger charge is -2.40. The molecule has 1 fully saturated rings. The lowest BCUT2D eigenvalue weighted by atomic mass is 9.84. The minimum Gasteiger partial charge on any atom is -0.342 e. The van der Waals surface area contributed by atoms with Crippen LogP contribution in [0.4, 0.5) is 4.39 Å². The molecule has 0 N–H and O–H groups in total. The molecule has 1 aromatic carbocycles. The number of thioether (sulfide) groups is 1. The summed E-state index contributed by atoms with van der Waals surface area (Å²) in [7, 11) is 4.07. The van der Waals surface area contributed by atoms with Crippen molar-refractivity contribution in [3.8, 4) is 0 Å². The number of aryl methyl sites for hydroxylation is 2. The molecule has 0 bridgehead atoms. The second-order valence-electron chi connectivity index (χ2n) is 8.34. The number of likely N-dealkylation sites (tertiary alicyclic amines) is 1. The van der Waals surface area contributed by atoms with Gasteiger partial charge in [-0.1, -0.05) is 18.2 Å². The molecule has 30 heavy (non-hydrogen) atoms. The molecule has 1 amide bonds. The summed E-state index contributed by atoms with van der Waals surface area (Å²) in [6, 6.07) is 7.29. The average molecular weight is 433 g/mol. The first-order valence-electron chi connectivity index (χ1n) is 10.6. The number of amides is 1. The zero-order valence-corrected chi connectivity index (χ0v) is 19.3. The summed E-state index contributed by atoms with van der Waals surface area (Å²) < 4.78 is 16.3. The molecule has 0 saturated carbocycles. The standard InChI is InChI=1S/C23H33FN4OS/c1-17-20(15-27(3)25-17)14-26(2)22(13-19-7-5-6-8-21(19)24)18-9-11-28(12-10-18)23(29)16-30-4/h5-8,15,18,22H,9-14,16H2,1-4H3. The summed E-state index contributed by atoms with van der Waals surface area (Å²) in [6.45, 7) is 4.39. The Labute approximate surface area is 183 Å². The van der Waals surface area contributed by atoms with E-state index in [1.54, 1.807) is 23.9 Å². The van der Waals surface area contributed by atoms with E-state index in [4.69, 9.17) is 0 Å². The summed E-state index contributed by atoms with van der Waals surface area (Å²) in [5.74, 6) is 1.06. The molecule has 7 heteroatoms. The fraction of sp³-hybridized carbons (Fsp3) is 0.565. The van der Waals surface area contributed by atoms with Gasteiger partial charge in [0.15, 0.2) is 0 Å². The maximum Gasteiger partial charge on any atom is 0.232 e. The van der Waals surface area contributed by atoms with Gasteiger partial charge in [0, 0.05) is 44.5 Å². The first-order valence-corrected chi connectivity index (χ1v) is 12.0. The van der Waals surface area contributed by atoms with Gasteiger partial charge in [-0.25, -0.2) is 4.39 Å². The minimum absolute atomic E-state index is 0.138. The summed E-state index contributed by atoms with van der Waals surface area (Å²) in [5, 5.41) is 4.46. The van der Waals surface area contributed by atoms with Crippen molar-refractivity contribution in [3.63, 3.8) is 0 Å². The highest BCUT2D eigenvalue weighted by Gasteiger charge is 2.31. The van der Waals surface area contributed by atoms with E-state index in [2.05, 4.69) is 23.2 Å². The molecule has 1 aliphatic rings. The molecule has 1 saturated heterocycles. The minimum atomic E-state index is -0.138. The number of piperidine rings is 1. The van der Waals surface area contributed by atoms with Gasteiger partial charge in [-0.2, -0.15) is 16.9 Å². The fourth-order valence-electron chi connectivity index (χ4n) is 4.51. The summed E-state index contributed by atoms with van der Waals surface area (Å²) in [5.41, 5.74) is 3.00. The number of hydrogen-bond donors (Lipinski definition) is 0. The van der Waals surface area contributed by atoms with Crippen molar-refractivity contribution in [3.05, 3.63) is 53.1 Å². The summed E-state index contributed by atoms with van der Waals surface area (Å²) in [4.78, 5) is 16.6. The zero-order valence-electron chi connectivity index (χ0n) is 18.5. The molecule has 1 unspecified atom stereocenters. The Balaban J connectivity index is 1.75. The third kappa shape index (κ3) is 5.64. The van der Waals surface area contributed by atoms with E-state index < -0.39 is 0 Å². The number of carbonyl (C=O) groups is 1. The van der Waals surface area contributed by atoms with Crippen molar-refractivity contribution in [1.29, 1.82) is 0 Å². The Kier molecular flexibility index (Phi) is 7.94. The molecular formula is C23H33FN4OS.